The number of halogens is 2. The van der Waals surface area contributed by atoms with Crippen LogP contribution in [0.5, 0.6) is 5.75 Å². The van der Waals surface area contributed by atoms with Gasteiger partial charge in [0.15, 0.2) is 9.84 Å². The van der Waals surface area contributed by atoms with Crippen LogP contribution in [-0.4, -0.2) is 45.3 Å². The van der Waals surface area contributed by atoms with Crippen molar-refractivity contribution in [3.05, 3.63) is 29.8 Å². The number of benzene rings is 1. The topological polar surface area (TPSA) is 81.7 Å². The van der Waals surface area contributed by atoms with Crippen molar-refractivity contribution < 1.29 is 31.5 Å². The van der Waals surface area contributed by atoms with Gasteiger partial charge in [0, 0.05) is 12.1 Å². The first-order chi connectivity index (χ1) is 13.4. The van der Waals surface area contributed by atoms with Crippen molar-refractivity contribution >= 4 is 25.2 Å². The van der Waals surface area contributed by atoms with Crippen LogP contribution in [0.2, 0.25) is 0 Å². The fraction of sp³-hybridized carbons (Fsp3) is 0.632. The molecule has 1 aromatic rings. The molecule has 2 atom stereocenters. The third-order valence-corrected chi connectivity index (χ3v) is 6.09. The lowest BCUT2D eigenvalue weighted by atomic mass is 10.2. The minimum Gasteiger partial charge on any atom is -0.490 e. The van der Waals surface area contributed by atoms with Gasteiger partial charge in [-0.05, 0) is 30.9 Å². The molecule has 0 aliphatic heterocycles. The summed E-state index contributed by atoms with van der Waals surface area (Å²) in [5.41, 5.74) is -3.26. The predicted molar refractivity (Wildman–Crippen MR) is 112 cm³/mol. The number of sulfone groups is 1. The van der Waals surface area contributed by atoms with Crippen molar-refractivity contribution in [2.24, 2.45) is 5.92 Å². The van der Waals surface area contributed by atoms with Crippen LogP contribution in [0.25, 0.3) is 0 Å². The summed E-state index contributed by atoms with van der Waals surface area (Å²) >= 11 is 0. The molecule has 29 heavy (non-hydrogen) atoms. The second-order valence-electron chi connectivity index (χ2n) is 7.16. The van der Waals surface area contributed by atoms with Crippen LogP contribution in [0.3, 0.4) is 0 Å². The van der Waals surface area contributed by atoms with Crippen molar-refractivity contribution in [2.75, 3.05) is 24.7 Å². The van der Waals surface area contributed by atoms with Crippen LogP contribution in [-0.2, 0) is 20.2 Å². The highest BCUT2D eigenvalue weighted by Gasteiger charge is 2.24. The van der Waals surface area contributed by atoms with Gasteiger partial charge in [0.2, 0.25) is 0 Å². The van der Waals surface area contributed by atoms with Crippen LogP contribution < -0.4 is 10.1 Å². The molecule has 0 bridgehead atoms. The number of alkyl halides is 2. The van der Waals surface area contributed by atoms with Gasteiger partial charge in [0.25, 0.3) is 5.66 Å². The van der Waals surface area contributed by atoms with E-state index in [9.17, 15) is 22.0 Å². The summed E-state index contributed by atoms with van der Waals surface area (Å²) < 4.78 is 61.1. The highest BCUT2D eigenvalue weighted by molar-refractivity contribution is 7.91. The minimum atomic E-state index is -3.23. The van der Waals surface area contributed by atoms with E-state index in [0.29, 0.717) is 12.8 Å². The van der Waals surface area contributed by atoms with Gasteiger partial charge in [-0.25, -0.2) is 13.2 Å². The number of hydrogen-bond acceptors (Lipinski definition) is 5. The van der Waals surface area contributed by atoms with Gasteiger partial charge in [0.05, 0.1) is 11.5 Å². The van der Waals surface area contributed by atoms with Gasteiger partial charge in [-0.15, -0.1) is 0 Å². The molecule has 0 spiro atoms. The zero-order valence-electron chi connectivity index (χ0n) is 17.0. The Kier molecular flexibility index (Phi) is 10.3. The van der Waals surface area contributed by atoms with Crippen molar-refractivity contribution in [1.82, 2.24) is 5.32 Å². The molecule has 0 heterocycles. The van der Waals surface area contributed by atoms with Crippen molar-refractivity contribution in [3.8, 4) is 5.75 Å². The number of rotatable bonds is 12. The maximum atomic E-state index is 13.3. The molecule has 0 aromatic heterocycles. The fourth-order valence-electron chi connectivity index (χ4n) is 2.24. The Labute approximate surface area is 173 Å². The van der Waals surface area contributed by atoms with Crippen LogP contribution in [0.4, 0.5) is 13.6 Å². The average molecular weight is 453 g/mol. The van der Waals surface area contributed by atoms with E-state index in [4.69, 9.17) is 9.47 Å². The zero-order valence-corrected chi connectivity index (χ0v) is 19.0. The Balaban J connectivity index is 2.44. The highest BCUT2D eigenvalue weighted by atomic mass is 32.2. The van der Waals surface area contributed by atoms with Crippen molar-refractivity contribution in [1.29, 1.82) is 0 Å². The Morgan fingerprint density at radius 1 is 1.28 bits per heavy atom. The van der Waals surface area contributed by atoms with Crippen LogP contribution in [0.1, 0.15) is 39.2 Å². The molecular weight excluding hydrogens is 423 g/mol. The lowest BCUT2D eigenvalue weighted by molar-refractivity contribution is 0.0630. The summed E-state index contributed by atoms with van der Waals surface area (Å²) in [4.78, 5) is 11.9. The van der Waals surface area contributed by atoms with Crippen molar-refractivity contribution in [2.45, 2.75) is 45.4 Å². The lowest BCUT2D eigenvalue weighted by Gasteiger charge is -2.18. The molecule has 2 unspecified atom stereocenters. The maximum Gasteiger partial charge on any atom is 0.407 e. The van der Waals surface area contributed by atoms with Gasteiger partial charge >= 0.3 is 6.09 Å². The summed E-state index contributed by atoms with van der Waals surface area (Å²) in [5.74, 6) is 0.457. The van der Waals surface area contributed by atoms with Gasteiger partial charge in [-0.3, -0.25) is 0 Å². The first-order valence-corrected chi connectivity index (χ1v) is 11.9. The van der Waals surface area contributed by atoms with E-state index >= 15 is 0 Å². The molecule has 6 nitrogen and oxygen atoms in total. The van der Waals surface area contributed by atoms with Gasteiger partial charge in [0.1, 0.15) is 18.5 Å². The molecule has 0 fully saturated rings. The van der Waals surface area contributed by atoms with E-state index in [-0.39, 0.29) is 41.9 Å². The van der Waals surface area contributed by atoms with Crippen LogP contribution >= 0.6 is 9.24 Å². The number of hydrogen-bond donors (Lipinski definition) is 1. The summed E-state index contributed by atoms with van der Waals surface area (Å²) in [6.07, 6.45) is -0.330. The summed E-state index contributed by atoms with van der Waals surface area (Å²) in [6.45, 7) is 5.62. The van der Waals surface area contributed by atoms with Gasteiger partial charge in [-0.1, -0.05) is 42.1 Å². The van der Waals surface area contributed by atoms with Crippen LogP contribution in [0.15, 0.2) is 24.3 Å². The molecule has 166 valence electrons. The average Bonchev–Trinajstić information content (AvgIpc) is 2.63. The quantitative estimate of drug-likeness (QED) is 0.485. The van der Waals surface area contributed by atoms with Gasteiger partial charge in [-0.2, -0.15) is 8.78 Å². The van der Waals surface area contributed by atoms with Crippen LogP contribution in [0, 0.1) is 5.92 Å². The maximum absolute atomic E-state index is 13.3. The third-order valence-electron chi connectivity index (χ3n) is 4.07. The largest absolute Gasteiger partial charge is 0.490 e. The Morgan fingerprint density at radius 3 is 2.55 bits per heavy atom. The Morgan fingerprint density at radius 2 is 1.97 bits per heavy atom. The van der Waals surface area contributed by atoms with E-state index in [1.54, 1.807) is 6.92 Å². The summed E-state index contributed by atoms with van der Waals surface area (Å²) in [5, 5.41) is 2.42. The van der Waals surface area contributed by atoms with E-state index < -0.39 is 27.7 Å². The Bertz CT molecular complexity index is 753. The second-order valence-corrected chi connectivity index (χ2v) is 10.2. The summed E-state index contributed by atoms with van der Waals surface area (Å²) in [7, 11) is -1.76. The summed E-state index contributed by atoms with van der Waals surface area (Å²) in [6, 6.07) is 5.50. The normalized spacial score (nSPS) is 13.2. The molecule has 10 heteroatoms. The minimum absolute atomic E-state index is 0.0114. The lowest BCUT2D eigenvalue weighted by Crippen LogP contribution is -2.34. The third kappa shape index (κ3) is 10.8. The number of alkyl carbamates (subject to hydrolysis) is 1. The molecule has 1 amide bonds. The molecule has 1 N–H and O–H groups in total. The van der Waals surface area contributed by atoms with E-state index in [1.165, 1.54) is 33.5 Å². The number of amides is 1. The standard InChI is InChI=1S/C19H30F2NO5PS/c1-4-16(13-26-17-7-5-6-15(12-17)19(20,21)28)27-18(23)22-9-11-29(24,25)10-8-14(2)3/h5-7,12,14,16H,4,8-11,13,28H2,1-3H3,(H,22,23). The fourth-order valence-corrected chi connectivity index (χ4v) is 3.86. The second kappa shape index (κ2) is 11.6. The molecule has 0 radical (unpaired) electrons. The molecular formula is C19H30F2NO5PS. The number of nitrogens with one attached hydrogen (secondary N) is 1. The SMILES string of the molecule is CCC(COc1cccc(C(F)(F)P)c1)OC(=O)NCCS(=O)(=O)CCC(C)C. The molecule has 1 rings (SSSR count). The number of ether oxygens (including phenoxy) is 2. The number of carbonyl (C=O) groups excluding carboxylic acids is 1. The van der Waals surface area contributed by atoms with E-state index in [2.05, 4.69) is 5.32 Å². The zero-order chi connectivity index (χ0) is 22.1. The smallest absolute Gasteiger partial charge is 0.407 e. The predicted octanol–water partition coefficient (Wildman–Crippen LogP) is 3.96. The molecule has 0 aliphatic carbocycles. The molecule has 0 aliphatic rings. The molecule has 0 saturated carbocycles. The van der Waals surface area contributed by atoms with E-state index in [0.717, 1.165) is 0 Å². The highest BCUT2D eigenvalue weighted by Crippen LogP contribution is 2.36. The van der Waals surface area contributed by atoms with Crippen molar-refractivity contribution in [3.63, 3.8) is 0 Å². The molecule has 1 aromatic carbocycles. The first kappa shape index (κ1) is 25.6. The first-order valence-electron chi connectivity index (χ1n) is 9.48. The molecule has 0 saturated heterocycles. The Hall–Kier alpha value is -1.47. The van der Waals surface area contributed by atoms with Gasteiger partial charge < -0.3 is 14.8 Å². The number of carbonyl (C=O) groups is 1. The van der Waals surface area contributed by atoms with E-state index in [1.807, 2.05) is 13.8 Å². The monoisotopic (exact) mass is 453 g/mol.